The molecule has 0 spiro atoms. The average molecular weight is 197 g/mol. The second-order valence-electron chi connectivity index (χ2n) is 3.74. The first kappa shape index (κ1) is 9.91. The fraction of sp³-hybridized carbons (Fsp3) is 0.214. The molecule has 0 amide bonds. The van der Waals surface area contributed by atoms with Gasteiger partial charge < -0.3 is 0 Å². The van der Waals surface area contributed by atoms with Gasteiger partial charge in [-0.15, -0.1) is 0 Å². The fourth-order valence-electron chi connectivity index (χ4n) is 1.64. The van der Waals surface area contributed by atoms with E-state index in [1.54, 1.807) is 0 Å². The van der Waals surface area contributed by atoms with Crippen molar-refractivity contribution in [1.82, 2.24) is 4.98 Å². The Morgan fingerprint density at radius 2 is 1.87 bits per heavy atom. The lowest BCUT2D eigenvalue weighted by molar-refractivity contribution is 1.04. The predicted molar refractivity (Wildman–Crippen MR) is 63.8 cm³/mol. The Balaban J connectivity index is 2.44. The van der Waals surface area contributed by atoms with E-state index in [9.17, 15) is 0 Å². The van der Waals surface area contributed by atoms with Crippen molar-refractivity contribution in [3.63, 3.8) is 0 Å². The van der Waals surface area contributed by atoms with Gasteiger partial charge in [-0.05, 0) is 31.5 Å². The summed E-state index contributed by atoms with van der Waals surface area (Å²) in [5.41, 5.74) is 4.69. The van der Waals surface area contributed by atoms with Gasteiger partial charge in [0.15, 0.2) is 0 Å². The molecule has 0 aliphatic rings. The van der Waals surface area contributed by atoms with Crippen LogP contribution in [0.25, 0.3) is 11.3 Å². The number of aromatic nitrogens is 1. The molecule has 0 radical (unpaired) electrons. The highest BCUT2D eigenvalue weighted by molar-refractivity contribution is 5.59. The third-order valence-corrected chi connectivity index (χ3v) is 2.48. The van der Waals surface area contributed by atoms with E-state index in [4.69, 9.17) is 0 Å². The monoisotopic (exact) mass is 197 g/mol. The highest BCUT2D eigenvalue weighted by Crippen LogP contribution is 2.18. The highest BCUT2D eigenvalue weighted by atomic mass is 14.7. The van der Waals surface area contributed by atoms with E-state index in [0.717, 1.165) is 17.8 Å². The van der Waals surface area contributed by atoms with Crippen molar-refractivity contribution in [3.8, 4) is 11.3 Å². The highest BCUT2D eigenvalue weighted by Gasteiger charge is 1.99. The standard InChI is InChI=1S/C14H15N/c1-3-13-8-5-9-14(15-13)12-7-4-6-11(2)10-12/h4-10H,3H2,1-2H3. The van der Waals surface area contributed by atoms with Crippen LogP contribution in [0.1, 0.15) is 18.2 Å². The molecule has 1 nitrogen and oxygen atoms in total. The molecule has 1 heteroatoms. The molecule has 0 aliphatic carbocycles. The molecule has 0 saturated heterocycles. The van der Waals surface area contributed by atoms with Crippen molar-refractivity contribution in [2.45, 2.75) is 20.3 Å². The summed E-state index contributed by atoms with van der Waals surface area (Å²) in [5.74, 6) is 0. The van der Waals surface area contributed by atoms with Crippen molar-refractivity contribution in [3.05, 3.63) is 53.7 Å². The molecule has 0 aliphatic heterocycles. The van der Waals surface area contributed by atoms with Gasteiger partial charge in [0.1, 0.15) is 0 Å². The first-order valence-corrected chi connectivity index (χ1v) is 5.32. The second kappa shape index (κ2) is 4.26. The second-order valence-corrected chi connectivity index (χ2v) is 3.74. The van der Waals surface area contributed by atoms with Gasteiger partial charge in [-0.25, -0.2) is 0 Å². The van der Waals surface area contributed by atoms with E-state index in [1.807, 2.05) is 0 Å². The number of aryl methyl sites for hydroxylation is 2. The summed E-state index contributed by atoms with van der Waals surface area (Å²) in [6, 6.07) is 14.7. The normalized spacial score (nSPS) is 10.3. The Hall–Kier alpha value is -1.63. The summed E-state index contributed by atoms with van der Waals surface area (Å²) >= 11 is 0. The predicted octanol–water partition coefficient (Wildman–Crippen LogP) is 3.62. The van der Waals surface area contributed by atoms with E-state index in [-0.39, 0.29) is 0 Å². The van der Waals surface area contributed by atoms with Gasteiger partial charge in [-0.1, -0.05) is 36.8 Å². The van der Waals surface area contributed by atoms with Gasteiger partial charge in [0.05, 0.1) is 5.69 Å². The first-order chi connectivity index (χ1) is 7.29. The lowest BCUT2D eigenvalue weighted by Gasteiger charge is -2.03. The van der Waals surface area contributed by atoms with Crippen molar-refractivity contribution < 1.29 is 0 Å². The number of hydrogen-bond acceptors (Lipinski definition) is 1. The Kier molecular flexibility index (Phi) is 2.82. The minimum atomic E-state index is 0.986. The van der Waals surface area contributed by atoms with Gasteiger partial charge in [-0.3, -0.25) is 4.98 Å². The Labute approximate surface area is 90.8 Å². The number of hydrogen-bond donors (Lipinski definition) is 0. The largest absolute Gasteiger partial charge is 0.253 e. The zero-order chi connectivity index (χ0) is 10.7. The van der Waals surface area contributed by atoms with Crippen LogP contribution in [0.3, 0.4) is 0 Å². The number of nitrogens with zero attached hydrogens (tertiary/aromatic N) is 1. The van der Waals surface area contributed by atoms with Crippen LogP contribution in [0.15, 0.2) is 42.5 Å². The van der Waals surface area contributed by atoms with Crippen molar-refractivity contribution in [2.24, 2.45) is 0 Å². The zero-order valence-corrected chi connectivity index (χ0v) is 9.20. The summed E-state index contributed by atoms with van der Waals surface area (Å²) in [6.07, 6.45) is 0.986. The van der Waals surface area contributed by atoms with Crippen LogP contribution in [0.5, 0.6) is 0 Å². The van der Waals surface area contributed by atoms with Crippen LogP contribution < -0.4 is 0 Å². The number of rotatable bonds is 2. The van der Waals surface area contributed by atoms with E-state index >= 15 is 0 Å². The summed E-state index contributed by atoms with van der Waals surface area (Å²) < 4.78 is 0. The van der Waals surface area contributed by atoms with Gasteiger partial charge in [-0.2, -0.15) is 0 Å². The van der Waals surface area contributed by atoms with Gasteiger partial charge in [0.25, 0.3) is 0 Å². The van der Waals surface area contributed by atoms with E-state index in [0.29, 0.717) is 0 Å². The Bertz CT molecular complexity index is 460. The minimum absolute atomic E-state index is 0.986. The van der Waals surface area contributed by atoms with Crippen LogP contribution in [0.4, 0.5) is 0 Å². The topological polar surface area (TPSA) is 12.9 Å². The third kappa shape index (κ3) is 2.24. The maximum Gasteiger partial charge on any atom is 0.0705 e. The smallest absolute Gasteiger partial charge is 0.0705 e. The van der Waals surface area contributed by atoms with E-state index < -0.39 is 0 Å². The molecule has 15 heavy (non-hydrogen) atoms. The first-order valence-electron chi connectivity index (χ1n) is 5.32. The lowest BCUT2D eigenvalue weighted by atomic mass is 10.1. The van der Waals surface area contributed by atoms with Crippen LogP contribution in [-0.4, -0.2) is 4.98 Å². The molecule has 0 bridgehead atoms. The fourth-order valence-corrected chi connectivity index (χ4v) is 1.64. The van der Waals surface area contributed by atoms with Crippen LogP contribution >= 0.6 is 0 Å². The molecule has 0 atom stereocenters. The molecule has 0 saturated carbocycles. The zero-order valence-electron chi connectivity index (χ0n) is 9.20. The molecular formula is C14H15N. The van der Waals surface area contributed by atoms with Crippen LogP contribution in [0.2, 0.25) is 0 Å². The summed E-state index contributed by atoms with van der Waals surface area (Å²) in [5, 5.41) is 0. The molecule has 1 aromatic carbocycles. The number of pyridine rings is 1. The van der Waals surface area contributed by atoms with Crippen LogP contribution in [0, 0.1) is 6.92 Å². The maximum absolute atomic E-state index is 4.60. The van der Waals surface area contributed by atoms with E-state index in [2.05, 4.69) is 61.3 Å². The Morgan fingerprint density at radius 3 is 2.60 bits per heavy atom. The molecule has 1 heterocycles. The quantitative estimate of drug-likeness (QED) is 0.716. The van der Waals surface area contributed by atoms with Crippen molar-refractivity contribution in [1.29, 1.82) is 0 Å². The molecule has 2 rings (SSSR count). The van der Waals surface area contributed by atoms with Crippen molar-refractivity contribution >= 4 is 0 Å². The Morgan fingerprint density at radius 1 is 1.07 bits per heavy atom. The van der Waals surface area contributed by atoms with Gasteiger partial charge >= 0.3 is 0 Å². The van der Waals surface area contributed by atoms with Gasteiger partial charge in [0, 0.05) is 11.3 Å². The van der Waals surface area contributed by atoms with Crippen LogP contribution in [-0.2, 0) is 6.42 Å². The summed E-state index contributed by atoms with van der Waals surface area (Å²) in [6.45, 7) is 4.23. The lowest BCUT2D eigenvalue weighted by Crippen LogP contribution is -1.89. The molecule has 0 N–H and O–H groups in total. The third-order valence-electron chi connectivity index (χ3n) is 2.48. The molecular weight excluding hydrogens is 182 g/mol. The molecule has 1 aromatic heterocycles. The molecule has 0 fully saturated rings. The molecule has 76 valence electrons. The maximum atomic E-state index is 4.60. The molecule has 0 unspecified atom stereocenters. The minimum Gasteiger partial charge on any atom is -0.253 e. The summed E-state index contributed by atoms with van der Waals surface area (Å²) in [4.78, 5) is 4.60. The van der Waals surface area contributed by atoms with E-state index in [1.165, 1.54) is 11.1 Å². The van der Waals surface area contributed by atoms with Gasteiger partial charge in [0.2, 0.25) is 0 Å². The SMILES string of the molecule is CCc1cccc(-c2cccc(C)c2)n1. The number of benzene rings is 1. The summed E-state index contributed by atoms with van der Waals surface area (Å²) in [7, 11) is 0. The van der Waals surface area contributed by atoms with Crippen molar-refractivity contribution in [2.75, 3.05) is 0 Å². The average Bonchev–Trinajstić information content (AvgIpc) is 2.29. The molecule has 2 aromatic rings.